The highest BCUT2D eigenvalue weighted by atomic mass is 16.5. The Labute approximate surface area is 130 Å². The van der Waals surface area contributed by atoms with Crippen LogP contribution in [0.2, 0.25) is 0 Å². The summed E-state index contributed by atoms with van der Waals surface area (Å²) in [6.45, 7) is 2.17. The zero-order chi connectivity index (χ0) is 15.8. The molecule has 2 N–H and O–H groups in total. The van der Waals surface area contributed by atoms with Gasteiger partial charge in [0, 0.05) is 5.69 Å². The van der Waals surface area contributed by atoms with Gasteiger partial charge in [-0.05, 0) is 42.3 Å². The van der Waals surface area contributed by atoms with Crippen molar-refractivity contribution in [1.29, 1.82) is 0 Å². The molecule has 0 atom stereocenters. The van der Waals surface area contributed by atoms with Gasteiger partial charge in [-0.25, -0.2) is 4.79 Å². The van der Waals surface area contributed by atoms with Crippen LogP contribution in [0.4, 0.5) is 10.5 Å². The number of carbonyl (C=O) groups excluding carboxylic acids is 1. The first-order valence-corrected chi connectivity index (χ1v) is 7.12. The first-order valence-electron chi connectivity index (χ1n) is 7.12. The average Bonchev–Trinajstić information content (AvgIpc) is 2.56. The van der Waals surface area contributed by atoms with Gasteiger partial charge in [-0.1, -0.05) is 25.1 Å². The Bertz CT molecular complexity index is 612. The number of hydrogen-bond donors (Lipinski definition) is 2. The molecule has 116 valence electrons. The van der Waals surface area contributed by atoms with Gasteiger partial charge in [0.1, 0.15) is 11.5 Å². The number of aryl methyl sites for hydroxylation is 1. The molecule has 0 saturated carbocycles. The number of ether oxygens (including phenoxy) is 2. The summed E-state index contributed by atoms with van der Waals surface area (Å²) in [7, 11) is 1.60. The molecule has 0 aliphatic rings. The van der Waals surface area contributed by atoms with E-state index in [0.29, 0.717) is 5.69 Å². The number of carbonyl (C=O) groups is 1. The van der Waals surface area contributed by atoms with E-state index in [4.69, 9.17) is 9.47 Å². The zero-order valence-corrected chi connectivity index (χ0v) is 12.8. The number of anilines is 1. The van der Waals surface area contributed by atoms with Gasteiger partial charge < -0.3 is 20.1 Å². The van der Waals surface area contributed by atoms with Crippen LogP contribution in [0.25, 0.3) is 0 Å². The van der Waals surface area contributed by atoms with Crippen LogP contribution in [0.5, 0.6) is 11.5 Å². The van der Waals surface area contributed by atoms with Crippen LogP contribution in [0.15, 0.2) is 48.5 Å². The van der Waals surface area contributed by atoms with Crippen LogP contribution < -0.4 is 20.1 Å². The molecule has 0 unspecified atom stereocenters. The van der Waals surface area contributed by atoms with Crippen molar-refractivity contribution in [2.45, 2.75) is 13.3 Å². The molecule has 0 aliphatic heterocycles. The third-order valence-electron chi connectivity index (χ3n) is 3.16. The summed E-state index contributed by atoms with van der Waals surface area (Å²) in [4.78, 5) is 11.8. The number of methoxy groups -OCH3 is 1. The smallest absolute Gasteiger partial charge is 0.321 e. The second-order valence-electron chi connectivity index (χ2n) is 4.61. The van der Waals surface area contributed by atoms with Crippen LogP contribution in [0.3, 0.4) is 0 Å². The highest BCUT2D eigenvalue weighted by Crippen LogP contribution is 2.18. The van der Waals surface area contributed by atoms with Crippen molar-refractivity contribution in [2.75, 3.05) is 19.2 Å². The third-order valence-corrected chi connectivity index (χ3v) is 3.16. The van der Waals surface area contributed by atoms with E-state index in [0.717, 1.165) is 23.5 Å². The van der Waals surface area contributed by atoms with Crippen molar-refractivity contribution in [2.24, 2.45) is 0 Å². The van der Waals surface area contributed by atoms with Gasteiger partial charge in [-0.2, -0.15) is 0 Å². The van der Waals surface area contributed by atoms with E-state index in [-0.39, 0.29) is 12.8 Å². The van der Waals surface area contributed by atoms with E-state index in [1.54, 1.807) is 31.4 Å². The van der Waals surface area contributed by atoms with Crippen molar-refractivity contribution in [3.63, 3.8) is 0 Å². The summed E-state index contributed by atoms with van der Waals surface area (Å²) in [6, 6.07) is 14.6. The summed E-state index contributed by atoms with van der Waals surface area (Å²) in [5.41, 5.74) is 1.80. The quantitative estimate of drug-likeness (QED) is 0.804. The number of para-hydroxylation sites is 1. The Morgan fingerprint density at radius 3 is 2.50 bits per heavy atom. The monoisotopic (exact) mass is 300 g/mol. The van der Waals surface area contributed by atoms with Crippen LogP contribution >= 0.6 is 0 Å². The number of rotatable bonds is 6. The molecular weight excluding hydrogens is 280 g/mol. The van der Waals surface area contributed by atoms with Crippen molar-refractivity contribution in [3.05, 3.63) is 54.1 Å². The normalized spacial score (nSPS) is 9.91. The van der Waals surface area contributed by atoms with E-state index in [1.807, 2.05) is 24.3 Å². The van der Waals surface area contributed by atoms with E-state index >= 15 is 0 Å². The van der Waals surface area contributed by atoms with E-state index in [1.165, 1.54) is 0 Å². The Morgan fingerprint density at radius 1 is 1.09 bits per heavy atom. The maximum absolute atomic E-state index is 11.8. The predicted octanol–water partition coefficient (Wildman–Crippen LogP) is 3.42. The lowest BCUT2D eigenvalue weighted by Crippen LogP contribution is -2.32. The number of amides is 2. The molecule has 0 spiro atoms. The van der Waals surface area contributed by atoms with E-state index in [2.05, 4.69) is 17.6 Å². The molecule has 22 heavy (non-hydrogen) atoms. The Kier molecular flexibility index (Phi) is 5.65. The summed E-state index contributed by atoms with van der Waals surface area (Å²) in [6.07, 6.45) is 0.883. The minimum absolute atomic E-state index is 0.110. The molecule has 5 nitrogen and oxygen atoms in total. The second-order valence-corrected chi connectivity index (χ2v) is 4.61. The minimum atomic E-state index is -0.320. The highest BCUT2D eigenvalue weighted by molar-refractivity contribution is 5.89. The van der Waals surface area contributed by atoms with Crippen LogP contribution in [-0.2, 0) is 6.42 Å². The van der Waals surface area contributed by atoms with Crippen LogP contribution in [-0.4, -0.2) is 19.9 Å². The fraction of sp³-hybridized carbons (Fsp3) is 0.235. The molecule has 2 aromatic rings. The first-order chi connectivity index (χ1) is 10.7. The van der Waals surface area contributed by atoms with Gasteiger partial charge in [0.15, 0.2) is 6.73 Å². The van der Waals surface area contributed by atoms with Crippen molar-refractivity contribution in [3.8, 4) is 11.5 Å². The van der Waals surface area contributed by atoms with E-state index in [9.17, 15) is 4.79 Å². The molecule has 0 aromatic heterocycles. The number of benzene rings is 2. The molecule has 0 heterocycles. The van der Waals surface area contributed by atoms with Crippen molar-refractivity contribution >= 4 is 11.7 Å². The van der Waals surface area contributed by atoms with Crippen molar-refractivity contribution < 1.29 is 14.3 Å². The van der Waals surface area contributed by atoms with Crippen molar-refractivity contribution in [1.82, 2.24) is 5.32 Å². The van der Waals surface area contributed by atoms with Gasteiger partial charge >= 0.3 is 6.03 Å². The first kappa shape index (κ1) is 15.7. The Hall–Kier alpha value is -2.69. The second kappa shape index (κ2) is 7.93. The molecule has 2 amide bonds. The molecule has 5 heteroatoms. The summed E-state index contributed by atoms with van der Waals surface area (Å²) < 4.78 is 10.6. The molecule has 0 bridgehead atoms. The average molecular weight is 300 g/mol. The third kappa shape index (κ3) is 4.41. The number of urea groups is 1. The molecule has 0 fully saturated rings. The molecule has 2 rings (SSSR count). The fourth-order valence-corrected chi connectivity index (χ4v) is 1.97. The van der Waals surface area contributed by atoms with Gasteiger partial charge in [-0.15, -0.1) is 0 Å². The summed E-state index contributed by atoms with van der Waals surface area (Å²) >= 11 is 0. The van der Waals surface area contributed by atoms with E-state index < -0.39 is 0 Å². The lowest BCUT2D eigenvalue weighted by Gasteiger charge is -2.12. The minimum Gasteiger partial charge on any atom is -0.497 e. The number of nitrogens with one attached hydrogen (secondary N) is 2. The summed E-state index contributed by atoms with van der Waals surface area (Å²) in [5, 5.41) is 5.38. The van der Waals surface area contributed by atoms with Crippen LogP contribution in [0.1, 0.15) is 12.5 Å². The van der Waals surface area contributed by atoms with Crippen LogP contribution in [0, 0.1) is 0 Å². The molecule has 2 aromatic carbocycles. The molecule has 0 radical (unpaired) electrons. The topological polar surface area (TPSA) is 59.6 Å². The Morgan fingerprint density at radius 2 is 1.82 bits per heavy atom. The molecular formula is C17H20N2O3. The zero-order valence-electron chi connectivity index (χ0n) is 12.8. The van der Waals surface area contributed by atoms with Gasteiger partial charge in [-0.3, -0.25) is 0 Å². The lowest BCUT2D eigenvalue weighted by molar-refractivity contribution is 0.234. The lowest BCUT2D eigenvalue weighted by atomic mass is 10.1. The molecule has 0 aliphatic carbocycles. The van der Waals surface area contributed by atoms with Gasteiger partial charge in [0.2, 0.25) is 0 Å². The highest BCUT2D eigenvalue weighted by Gasteiger charge is 2.03. The largest absolute Gasteiger partial charge is 0.497 e. The maximum Gasteiger partial charge on any atom is 0.321 e. The summed E-state index contributed by atoms with van der Waals surface area (Å²) in [5.74, 6) is 1.53. The SMILES string of the molecule is CCc1ccccc1OCNC(=O)Nc1ccc(OC)cc1. The predicted molar refractivity (Wildman–Crippen MR) is 86.5 cm³/mol. The fourth-order valence-electron chi connectivity index (χ4n) is 1.97. The van der Waals surface area contributed by atoms with Gasteiger partial charge in [0.05, 0.1) is 7.11 Å². The Balaban J connectivity index is 1.80. The standard InChI is InChI=1S/C17H20N2O3/c1-3-13-6-4-5-7-16(13)22-12-18-17(20)19-14-8-10-15(21-2)11-9-14/h4-11H,3,12H2,1-2H3,(H2,18,19,20). The maximum atomic E-state index is 11.8. The molecule has 0 saturated heterocycles. The number of hydrogen-bond acceptors (Lipinski definition) is 3. The van der Waals surface area contributed by atoms with Gasteiger partial charge in [0.25, 0.3) is 0 Å².